The summed E-state index contributed by atoms with van der Waals surface area (Å²) in [5, 5.41) is 21.9. The van der Waals surface area contributed by atoms with Gasteiger partial charge in [-0.25, -0.2) is 18.0 Å². The number of urea groups is 1. The van der Waals surface area contributed by atoms with E-state index in [1.165, 1.54) is 0 Å². The van der Waals surface area contributed by atoms with Crippen molar-refractivity contribution < 1.29 is 28.2 Å². The number of hydrogen-bond donors (Lipinski definition) is 4. The molecule has 0 radical (unpaired) electrons. The minimum Gasteiger partial charge on any atom is -0.480 e. The van der Waals surface area contributed by atoms with Crippen LogP contribution in [-0.2, 0) is 14.6 Å². The van der Waals surface area contributed by atoms with Crippen molar-refractivity contribution in [2.45, 2.75) is 24.9 Å². The van der Waals surface area contributed by atoms with E-state index in [2.05, 4.69) is 10.6 Å². The first-order valence-electron chi connectivity index (χ1n) is 5.45. The van der Waals surface area contributed by atoms with Gasteiger partial charge in [-0.1, -0.05) is 0 Å². The summed E-state index contributed by atoms with van der Waals surface area (Å²) in [5.41, 5.74) is 0. The summed E-state index contributed by atoms with van der Waals surface area (Å²) in [4.78, 5) is 22.0. The molecule has 1 rings (SSSR count). The van der Waals surface area contributed by atoms with Crippen LogP contribution in [0.2, 0.25) is 0 Å². The van der Waals surface area contributed by atoms with Crippen LogP contribution in [0.5, 0.6) is 0 Å². The van der Waals surface area contributed by atoms with E-state index >= 15 is 0 Å². The molecule has 1 aliphatic heterocycles. The zero-order valence-electron chi connectivity index (χ0n) is 9.63. The van der Waals surface area contributed by atoms with Crippen LogP contribution in [0.1, 0.15) is 12.8 Å². The minimum absolute atomic E-state index is 0.0142. The van der Waals surface area contributed by atoms with Gasteiger partial charge in [-0.3, -0.25) is 0 Å². The number of carboxylic acid groups (broad SMARTS) is 1. The number of sulfone groups is 1. The van der Waals surface area contributed by atoms with Crippen LogP contribution in [0, 0.1) is 0 Å². The molecule has 1 saturated heterocycles. The summed E-state index contributed by atoms with van der Waals surface area (Å²) < 4.78 is 22.3. The lowest BCUT2D eigenvalue weighted by Gasteiger charge is -2.23. The zero-order valence-corrected chi connectivity index (χ0v) is 10.4. The second kappa shape index (κ2) is 6.01. The molecule has 0 unspecified atom stereocenters. The number of aliphatic hydroxyl groups excluding tert-OH is 1. The molecule has 1 heterocycles. The number of hydrogen-bond acceptors (Lipinski definition) is 5. The van der Waals surface area contributed by atoms with Crippen molar-refractivity contribution in [2.75, 3.05) is 18.1 Å². The number of carboxylic acids is 1. The summed E-state index contributed by atoms with van der Waals surface area (Å²) in [6.07, 6.45) is 0.624. The van der Waals surface area contributed by atoms with E-state index in [1.807, 2.05) is 0 Å². The fourth-order valence-electron chi connectivity index (χ4n) is 1.61. The van der Waals surface area contributed by atoms with E-state index in [9.17, 15) is 18.0 Å². The van der Waals surface area contributed by atoms with Gasteiger partial charge in [-0.05, 0) is 12.8 Å². The number of amides is 2. The van der Waals surface area contributed by atoms with Gasteiger partial charge in [0.05, 0.1) is 18.1 Å². The molecule has 4 N–H and O–H groups in total. The van der Waals surface area contributed by atoms with Crippen molar-refractivity contribution in [1.82, 2.24) is 10.6 Å². The van der Waals surface area contributed by atoms with Crippen LogP contribution in [0.4, 0.5) is 4.79 Å². The van der Waals surface area contributed by atoms with E-state index in [0.29, 0.717) is 12.8 Å². The van der Waals surface area contributed by atoms with E-state index in [1.54, 1.807) is 0 Å². The first kappa shape index (κ1) is 14.7. The van der Waals surface area contributed by atoms with Gasteiger partial charge in [0.15, 0.2) is 6.04 Å². The quantitative estimate of drug-likeness (QED) is 0.485. The smallest absolute Gasteiger partial charge is 0.328 e. The van der Waals surface area contributed by atoms with Crippen LogP contribution in [0.3, 0.4) is 0 Å². The van der Waals surface area contributed by atoms with Crippen LogP contribution < -0.4 is 10.6 Å². The number of carbonyl (C=O) groups is 2. The third kappa shape index (κ3) is 4.49. The molecule has 9 heteroatoms. The molecular formula is C9H16N2O6S. The molecule has 104 valence electrons. The molecule has 0 aromatic heterocycles. The van der Waals surface area contributed by atoms with Crippen LogP contribution in [0.15, 0.2) is 0 Å². The van der Waals surface area contributed by atoms with Gasteiger partial charge in [0.1, 0.15) is 9.84 Å². The molecule has 0 bridgehead atoms. The number of carbonyl (C=O) groups excluding carboxylic acids is 1. The average molecular weight is 280 g/mol. The molecule has 0 saturated carbocycles. The van der Waals surface area contributed by atoms with Gasteiger partial charge < -0.3 is 20.8 Å². The standard InChI is InChI=1S/C9H16N2O6S/c12-5-7(8(13)14)11-9(15)10-6-1-3-18(16,17)4-2-6/h6-7,12H,1-5H2,(H,13,14)(H2,10,11,15)/t7-/m1/s1. The Hall–Kier alpha value is -1.35. The van der Waals surface area contributed by atoms with Gasteiger partial charge in [-0.2, -0.15) is 0 Å². The topological polar surface area (TPSA) is 133 Å². The molecule has 0 aromatic rings. The van der Waals surface area contributed by atoms with Crippen LogP contribution in [-0.4, -0.2) is 60.8 Å². The fourth-order valence-corrected chi connectivity index (χ4v) is 3.10. The van der Waals surface area contributed by atoms with E-state index in [0.717, 1.165) is 0 Å². The fraction of sp³-hybridized carbons (Fsp3) is 0.778. The molecule has 8 nitrogen and oxygen atoms in total. The summed E-state index contributed by atoms with van der Waals surface area (Å²) >= 11 is 0. The van der Waals surface area contributed by atoms with Gasteiger partial charge in [0.2, 0.25) is 0 Å². The van der Waals surface area contributed by atoms with Crippen molar-refractivity contribution in [2.24, 2.45) is 0 Å². The number of rotatable bonds is 4. The van der Waals surface area contributed by atoms with Crippen LogP contribution >= 0.6 is 0 Å². The lowest BCUT2D eigenvalue weighted by molar-refractivity contribution is -0.140. The van der Waals surface area contributed by atoms with Crippen molar-refractivity contribution in [1.29, 1.82) is 0 Å². The Balaban J connectivity index is 2.39. The van der Waals surface area contributed by atoms with Crippen molar-refractivity contribution in [3.8, 4) is 0 Å². The number of aliphatic carboxylic acids is 1. The third-order valence-electron chi connectivity index (χ3n) is 2.68. The predicted molar refractivity (Wildman–Crippen MR) is 61.9 cm³/mol. The highest BCUT2D eigenvalue weighted by molar-refractivity contribution is 7.91. The SMILES string of the molecule is O=C(NC1CCS(=O)(=O)CC1)N[C@H](CO)C(=O)O. The summed E-state index contributed by atoms with van der Waals surface area (Å²) in [5.74, 6) is -1.31. The molecule has 0 aromatic carbocycles. The maximum Gasteiger partial charge on any atom is 0.328 e. The molecule has 2 amide bonds. The van der Waals surface area contributed by atoms with E-state index < -0.39 is 34.5 Å². The third-order valence-corrected chi connectivity index (χ3v) is 4.39. The molecule has 1 aliphatic rings. The van der Waals surface area contributed by atoms with Gasteiger partial charge >= 0.3 is 12.0 Å². The summed E-state index contributed by atoms with van der Waals surface area (Å²) in [6, 6.07) is -2.38. The van der Waals surface area contributed by atoms with E-state index in [-0.39, 0.29) is 17.5 Å². The zero-order chi connectivity index (χ0) is 13.8. The first-order valence-corrected chi connectivity index (χ1v) is 7.27. The Morgan fingerprint density at radius 3 is 2.28 bits per heavy atom. The highest BCUT2D eigenvalue weighted by Gasteiger charge is 2.26. The first-order chi connectivity index (χ1) is 8.34. The maximum atomic E-state index is 11.4. The van der Waals surface area contributed by atoms with Crippen molar-refractivity contribution in [3.05, 3.63) is 0 Å². The highest BCUT2D eigenvalue weighted by atomic mass is 32.2. The lowest BCUT2D eigenvalue weighted by atomic mass is 10.1. The van der Waals surface area contributed by atoms with Crippen molar-refractivity contribution in [3.63, 3.8) is 0 Å². The summed E-state index contributed by atoms with van der Waals surface area (Å²) in [7, 11) is -3.00. The Morgan fingerprint density at radius 1 is 1.28 bits per heavy atom. The van der Waals surface area contributed by atoms with Gasteiger partial charge in [-0.15, -0.1) is 0 Å². The second-order valence-electron chi connectivity index (χ2n) is 4.12. The Labute approximate surface area is 104 Å². The summed E-state index contributed by atoms with van der Waals surface area (Å²) in [6.45, 7) is -0.707. The Morgan fingerprint density at radius 2 is 1.83 bits per heavy atom. The van der Waals surface area contributed by atoms with Crippen LogP contribution in [0.25, 0.3) is 0 Å². The highest BCUT2D eigenvalue weighted by Crippen LogP contribution is 2.11. The second-order valence-corrected chi connectivity index (χ2v) is 6.42. The van der Waals surface area contributed by atoms with E-state index in [4.69, 9.17) is 10.2 Å². The Kier molecular flexibility index (Phi) is 4.91. The normalized spacial score (nSPS) is 20.9. The van der Waals surface area contributed by atoms with Gasteiger partial charge in [0, 0.05) is 6.04 Å². The molecule has 0 spiro atoms. The Bertz CT molecular complexity index is 407. The largest absolute Gasteiger partial charge is 0.480 e. The lowest BCUT2D eigenvalue weighted by Crippen LogP contribution is -2.51. The predicted octanol–water partition coefficient (Wildman–Crippen LogP) is -1.69. The number of nitrogens with one attached hydrogen (secondary N) is 2. The molecule has 1 fully saturated rings. The van der Waals surface area contributed by atoms with Gasteiger partial charge in [0.25, 0.3) is 0 Å². The maximum absolute atomic E-state index is 11.4. The average Bonchev–Trinajstić information content (AvgIpc) is 2.28. The molecular weight excluding hydrogens is 264 g/mol. The molecule has 18 heavy (non-hydrogen) atoms. The molecule has 1 atom stereocenters. The number of aliphatic hydroxyl groups is 1. The molecule has 0 aliphatic carbocycles. The minimum atomic E-state index is -3.00. The monoisotopic (exact) mass is 280 g/mol. The van der Waals surface area contributed by atoms with Crippen molar-refractivity contribution >= 4 is 21.8 Å².